The third-order valence-electron chi connectivity index (χ3n) is 2.63. The van der Waals surface area contributed by atoms with Gasteiger partial charge in [-0.1, -0.05) is 30.0 Å². The number of benzene rings is 2. The number of ether oxygens (including phenoxy) is 1. The van der Waals surface area contributed by atoms with Crippen molar-refractivity contribution in [2.75, 3.05) is 7.11 Å². The summed E-state index contributed by atoms with van der Waals surface area (Å²) in [5, 5.41) is 0.893. The molecule has 0 aliphatic heterocycles. The van der Waals surface area contributed by atoms with Crippen LogP contribution in [0.25, 0.3) is 11.0 Å². The SMILES string of the molecule is COc1ccc2nc(Sc3ccccc3)[nH]c2c1. The molecule has 0 radical (unpaired) electrons. The Morgan fingerprint density at radius 3 is 2.72 bits per heavy atom. The molecule has 3 nitrogen and oxygen atoms in total. The molecule has 0 atom stereocenters. The second-order valence-corrected chi connectivity index (χ2v) is 4.90. The number of hydrogen-bond acceptors (Lipinski definition) is 3. The summed E-state index contributed by atoms with van der Waals surface area (Å²) in [6.45, 7) is 0. The molecule has 0 saturated heterocycles. The minimum Gasteiger partial charge on any atom is -0.497 e. The quantitative estimate of drug-likeness (QED) is 0.776. The molecule has 0 amide bonds. The van der Waals surface area contributed by atoms with Gasteiger partial charge in [-0.2, -0.15) is 0 Å². The van der Waals surface area contributed by atoms with E-state index in [1.165, 1.54) is 4.90 Å². The third kappa shape index (κ3) is 2.19. The molecule has 3 rings (SSSR count). The van der Waals surface area contributed by atoms with E-state index in [0.717, 1.165) is 21.9 Å². The molecule has 90 valence electrons. The number of imidazole rings is 1. The summed E-state index contributed by atoms with van der Waals surface area (Å²) in [6.07, 6.45) is 0. The number of H-pyrrole nitrogens is 1. The maximum absolute atomic E-state index is 5.20. The zero-order chi connectivity index (χ0) is 12.4. The van der Waals surface area contributed by atoms with Crippen molar-refractivity contribution in [1.29, 1.82) is 0 Å². The van der Waals surface area contributed by atoms with Crippen molar-refractivity contribution in [2.24, 2.45) is 0 Å². The first-order valence-corrected chi connectivity index (χ1v) is 6.43. The van der Waals surface area contributed by atoms with Crippen molar-refractivity contribution >= 4 is 22.8 Å². The highest BCUT2D eigenvalue weighted by Crippen LogP contribution is 2.28. The molecule has 1 N–H and O–H groups in total. The molecular weight excluding hydrogens is 244 g/mol. The maximum atomic E-state index is 5.20. The van der Waals surface area contributed by atoms with Gasteiger partial charge >= 0.3 is 0 Å². The lowest BCUT2D eigenvalue weighted by atomic mass is 10.3. The first kappa shape index (κ1) is 11.2. The standard InChI is InChI=1S/C14H12N2OS/c1-17-10-7-8-12-13(9-10)16-14(15-12)18-11-5-3-2-4-6-11/h2-9H,1H3,(H,15,16). The Bertz CT molecular complexity index is 664. The summed E-state index contributed by atoms with van der Waals surface area (Å²) in [5.41, 5.74) is 1.95. The minimum atomic E-state index is 0.836. The summed E-state index contributed by atoms with van der Waals surface area (Å²) in [4.78, 5) is 9.00. The van der Waals surface area contributed by atoms with Gasteiger partial charge in [0.1, 0.15) is 5.75 Å². The highest BCUT2D eigenvalue weighted by Gasteiger charge is 2.05. The molecule has 3 aromatic rings. The second-order valence-electron chi connectivity index (χ2n) is 3.84. The van der Waals surface area contributed by atoms with E-state index in [2.05, 4.69) is 22.1 Å². The molecule has 0 aliphatic carbocycles. The fraction of sp³-hybridized carbons (Fsp3) is 0.0714. The highest BCUT2D eigenvalue weighted by atomic mass is 32.2. The normalized spacial score (nSPS) is 10.7. The van der Waals surface area contributed by atoms with Gasteiger partial charge < -0.3 is 9.72 Å². The Morgan fingerprint density at radius 2 is 1.94 bits per heavy atom. The number of nitrogens with one attached hydrogen (secondary N) is 1. The molecule has 0 saturated carbocycles. The van der Waals surface area contributed by atoms with Gasteiger partial charge in [-0.3, -0.25) is 0 Å². The molecule has 0 bridgehead atoms. The minimum absolute atomic E-state index is 0.836. The fourth-order valence-corrected chi connectivity index (χ4v) is 2.56. The molecule has 0 fully saturated rings. The summed E-state index contributed by atoms with van der Waals surface area (Å²) in [5.74, 6) is 0.836. The van der Waals surface area contributed by atoms with Crippen LogP contribution in [-0.4, -0.2) is 17.1 Å². The van der Waals surface area contributed by atoms with Gasteiger partial charge in [0.25, 0.3) is 0 Å². The molecule has 1 aromatic heterocycles. The van der Waals surface area contributed by atoms with Crippen LogP contribution >= 0.6 is 11.8 Å². The van der Waals surface area contributed by atoms with E-state index in [0.29, 0.717) is 0 Å². The predicted molar refractivity (Wildman–Crippen MR) is 73.2 cm³/mol. The van der Waals surface area contributed by atoms with E-state index in [1.807, 2.05) is 36.4 Å². The fourth-order valence-electron chi connectivity index (χ4n) is 1.74. The van der Waals surface area contributed by atoms with Gasteiger partial charge in [0, 0.05) is 11.0 Å². The van der Waals surface area contributed by atoms with Crippen molar-refractivity contribution < 1.29 is 4.74 Å². The van der Waals surface area contributed by atoms with Crippen LogP contribution < -0.4 is 4.74 Å². The first-order chi connectivity index (χ1) is 8.85. The van der Waals surface area contributed by atoms with Gasteiger partial charge in [0.05, 0.1) is 18.1 Å². The Hall–Kier alpha value is -1.94. The van der Waals surface area contributed by atoms with E-state index in [4.69, 9.17) is 4.74 Å². The number of aromatic nitrogens is 2. The number of methoxy groups -OCH3 is 1. The van der Waals surface area contributed by atoms with Gasteiger partial charge in [-0.25, -0.2) is 4.98 Å². The van der Waals surface area contributed by atoms with Crippen LogP contribution in [0.4, 0.5) is 0 Å². The summed E-state index contributed by atoms with van der Waals surface area (Å²) >= 11 is 1.62. The maximum Gasteiger partial charge on any atom is 0.171 e. The topological polar surface area (TPSA) is 37.9 Å². The molecule has 0 unspecified atom stereocenters. The first-order valence-electron chi connectivity index (χ1n) is 5.62. The molecular formula is C14H12N2OS. The molecule has 0 spiro atoms. The van der Waals surface area contributed by atoms with Crippen LogP contribution in [0.1, 0.15) is 0 Å². The van der Waals surface area contributed by atoms with E-state index >= 15 is 0 Å². The number of aromatic amines is 1. The average Bonchev–Trinajstić information content (AvgIpc) is 2.80. The molecule has 4 heteroatoms. The molecule has 0 aliphatic rings. The largest absolute Gasteiger partial charge is 0.497 e. The predicted octanol–water partition coefficient (Wildman–Crippen LogP) is 3.72. The Morgan fingerprint density at radius 1 is 1.11 bits per heavy atom. The summed E-state index contributed by atoms with van der Waals surface area (Å²) in [6, 6.07) is 16.0. The zero-order valence-corrected chi connectivity index (χ0v) is 10.7. The van der Waals surface area contributed by atoms with Crippen LogP contribution in [0.3, 0.4) is 0 Å². The zero-order valence-electron chi connectivity index (χ0n) is 9.88. The Kier molecular flexibility index (Phi) is 2.94. The second kappa shape index (κ2) is 4.74. The van der Waals surface area contributed by atoms with Crippen molar-refractivity contribution in [3.05, 3.63) is 48.5 Å². The summed E-state index contributed by atoms with van der Waals surface area (Å²) < 4.78 is 5.20. The third-order valence-corrected chi connectivity index (χ3v) is 3.52. The van der Waals surface area contributed by atoms with Gasteiger partial charge in [-0.15, -0.1) is 0 Å². The van der Waals surface area contributed by atoms with E-state index < -0.39 is 0 Å². The Labute approximate surface area is 109 Å². The number of nitrogens with zero attached hydrogens (tertiary/aromatic N) is 1. The lowest BCUT2D eigenvalue weighted by Gasteiger charge is -1.96. The number of fused-ring (bicyclic) bond motifs is 1. The van der Waals surface area contributed by atoms with Gasteiger partial charge in [0.15, 0.2) is 5.16 Å². The molecule has 1 heterocycles. The molecule has 2 aromatic carbocycles. The van der Waals surface area contributed by atoms with Crippen molar-refractivity contribution in [3.8, 4) is 5.75 Å². The molecule has 18 heavy (non-hydrogen) atoms. The van der Waals surface area contributed by atoms with Crippen molar-refractivity contribution in [3.63, 3.8) is 0 Å². The van der Waals surface area contributed by atoms with Gasteiger partial charge in [0.2, 0.25) is 0 Å². The smallest absolute Gasteiger partial charge is 0.171 e. The van der Waals surface area contributed by atoms with E-state index in [9.17, 15) is 0 Å². The highest BCUT2D eigenvalue weighted by molar-refractivity contribution is 7.99. The lowest BCUT2D eigenvalue weighted by Crippen LogP contribution is -1.81. The van der Waals surface area contributed by atoms with Crippen molar-refractivity contribution in [2.45, 2.75) is 10.1 Å². The number of hydrogen-bond donors (Lipinski definition) is 1. The van der Waals surface area contributed by atoms with Crippen LogP contribution in [0.15, 0.2) is 58.6 Å². The van der Waals surface area contributed by atoms with Crippen LogP contribution in [0.2, 0.25) is 0 Å². The van der Waals surface area contributed by atoms with E-state index in [-0.39, 0.29) is 0 Å². The van der Waals surface area contributed by atoms with E-state index in [1.54, 1.807) is 18.9 Å². The van der Waals surface area contributed by atoms with Crippen molar-refractivity contribution in [1.82, 2.24) is 9.97 Å². The average molecular weight is 256 g/mol. The lowest BCUT2D eigenvalue weighted by molar-refractivity contribution is 0.415. The van der Waals surface area contributed by atoms with Crippen LogP contribution in [-0.2, 0) is 0 Å². The van der Waals surface area contributed by atoms with Crippen LogP contribution in [0, 0.1) is 0 Å². The Balaban J connectivity index is 1.94. The number of rotatable bonds is 3. The summed E-state index contributed by atoms with van der Waals surface area (Å²) in [7, 11) is 1.66. The van der Waals surface area contributed by atoms with Gasteiger partial charge in [-0.05, 0) is 24.3 Å². The monoisotopic (exact) mass is 256 g/mol. The van der Waals surface area contributed by atoms with Crippen LogP contribution in [0.5, 0.6) is 5.75 Å².